The topological polar surface area (TPSA) is 85.6 Å². The Bertz CT molecular complexity index is 762. The fraction of sp³-hybridized carbons (Fsp3) is 0.471. The third kappa shape index (κ3) is 4.57. The van der Waals surface area contributed by atoms with E-state index in [1.54, 1.807) is 21.3 Å². The van der Waals surface area contributed by atoms with Crippen molar-refractivity contribution in [3.05, 3.63) is 35.4 Å². The second kappa shape index (κ2) is 9.60. The van der Waals surface area contributed by atoms with Crippen molar-refractivity contribution in [1.29, 1.82) is 0 Å². The summed E-state index contributed by atoms with van der Waals surface area (Å²) in [7, 11) is 5.03. The molecule has 2 heterocycles. The molecule has 0 spiro atoms. The number of benzene rings is 1. The highest BCUT2D eigenvalue weighted by Crippen LogP contribution is 2.24. The predicted octanol–water partition coefficient (Wildman–Crippen LogP) is 1.72. The third-order valence-electron chi connectivity index (χ3n) is 4.26. The lowest BCUT2D eigenvalue weighted by molar-refractivity contribution is 0.390. The van der Waals surface area contributed by atoms with Gasteiger partial charge in [0.2, 0.25) is 0 Å². The van der Waals surface area contributed by atoms with Gasteiger partial charge in [0.05, 0.1) is 20.8 Å². The van der Waals surface area contributed by atoms with Crippen molar-refractivity contribution in [2.24, 2.45) is 4.99 Å². The highest BCUT2D eigenvalue weighted by molar-refractivity contribution is 14.0. The molecule has 0 radical (unpaired) electrons. The van der Waals surface area contributed by atoms with E-state index in [9.17, 15) is 0 Å². The van der Waals surface area contributed by atoms with E-state index in [0.717, 1.165) is 48.1 Å². The molecule has 2 aromatic rings. The smallest absolute Gasteiger partial charge is 0.191 e. The van der Waals surface area contributed by atoms with E-state index in [1.807, 2.05) is 18.2 Å². The summed E-state index contributed by atoms with van der Waals surface area (Å²) in [5.74, 6) is 4.26. The number of aromatic nitrogens is 3. The summed E-state index contributed by atoms with van der Waals surface area (Å²) < 4.78 is 12.8. The number of aliphatic imine (C=N–C) groups is 1. The van der Waals surface area contributed by atoms with Gasteiger partial charge in [0.25, 0.3) is 0 Å². The lowest BCUT2D eigenvalue weighted by Gasteiger charge is -2.14. The van der Waals surface area contributed by atoms with Gasteiger partial charge in [-0.05, 0) is 18.6 Å². The Morgan fingerprint density at radius 2 is 2.00 bits per heavy atom. The normalized spacial score (nSPS) is 13.0. The molecular formula is C17H25IN6O2. The summed E-state index contributed by atoms with van der Waals surface area (Å²) in [6.07, 6.45) is 2.15. The lowest BCUT2D eigenvalue weighted by Crippen LogP contribution is -2.37. The number of methoxy groups -OCH3 is 2. The third-order valence-corrected chi connectivity index (χ3v) is 4.26. The summed E-state index contributed by atoms with van der Waals surface area (Å²) in [5, 5.41) is 15.0. The van der Waals surface area contributed by atoms with Gasteiger partial charge in [0, 0.05) is 38.2 Å². The first-order chi connectivity index (χ1) is 12.2. The van der Waals surface area contributed by atoms with Crippen LogP contribution in [0.1, 0.15) is 23.6 Å². The van der Waals surface area contributed by atoms with Gasteiger partial charge in [0.1, 0.15) is 17.3 Å². The Morgan fingerprint density at radius 1 is 1.19 bits per heavy atom. The fourth-order valence-corrected chi connectivity index (χ4v) is 2.90. The zero-order valence-corrected chi connectivity index (χ0v) is 17.6. The number of hydrogen-bond acceptors (Lipinski definition) is 5. The molecule has 8 nitrogen and oxygen atoms in total. The van der Waals surface area contributed by atoms with Crippen molar-refractivity contribution >= 4 is 29.9 Å². The Morgan fingerprint density at radius 3 is 2.73 bits per heavy atom. The van der Waals surface area contributed by atoms with Crippen molar-refractivity contribution < 1.29 is 9.47 Å². The van der Waals surface area contributed by atoms with Crippen molar-refractivity contribution in [3.63, 3.8) is 0 Å². The fourth-order valence-electron chi connectivity index (χ4n) is 2.90. The Balaban J connectivity index is 0.00000243. The molecular weight excluding hydrogens is 447 g/mol. The number of halogens is 1. The van der Waals surface area contributed by atoms with E-state index in [-0.39, 0.29) is 24.0 Å². The molecule has 2 N–H and O–H groups in total. The van der Waals surface area contributed by atoms with Crippen molar-refractivity contribution in [1.82, 2.24) is 25.4 Å². The molecule has 0 saturated heterocycles. The van der Waals surface area contributed by atoms with Crippen LogP contribution in [-0.4, -0.2) is 42.0 Å². The highest BCUT2D eigenvalue weighted by atomic mass is 127. The van der Waals surface area contributed by atoms with Crippen LogP contribution >= 0.6 is 24.0 Å². The van der Waals surface area contributed by atoms with E-state index in [0.29, 0.717) is 19.0 Å². The van der Waals surface area contributed by atoms with Gasteiger partial charge in [-0.1, -0.05) is 0 Å². The average molecular weight is 472 g/mol. The van der Waals surface area contributed by atoms with E-state index in [2.05, 4.69) is 30.4 Å². The van der Waals surface area contributed by atoms with Crippen LogP contribution in [0.5, 0.6) is 11.5 Å². The largest absolute Gasteiger partial charge is 0.497 e. The van der Waals surface area contributed by atoms with Crippen LogP contribution in [0, 0.1) is 0 Å². The molecule has 0 fully saturated rings. The first-order valence-corrected chi connectivity index (χ1v) is 8.31. The summed E-state index contributed by atoms with van der Waals surface area (Å²) in [5.41, 5.74) is 1.02. The summed E-state index contributed by atoms with van der Waals surface area (Å²) in [4.78, 5) is 4.26. The molecule has 1 aromatic carbocycles. The number of nitrogens with zero attached hydrogens (tertiary/aromatic N) is 4. The number of fused-ring (bicyclic) bond motifs is 1. The quantitative estimate of drug-likeness (QED) is 0.379. The molecule has 1 aliphatic rings. The maximum Gasteiger partial charge on any atom is 0.191 e. The molecule has 0 unspecified atom stereocenters. The van der Waals surface area contributed by atoms with Gasteiger partial charge >= 0.3 is 0 Å². The van der Waals surface area contributed by atoms with Gasteiger partial charge in [-0.2, -0.15) is 0 Å². The van der Waals surface area contributed by atoms with Crippen molar-refractivity contribution in [2.45, 2.75) is 32.5 Å². The molecule has 0 saturated carbocycles. The second-order valence-electron chi connectivity index (χ2n) is 5.74. The van der Waals surface area contributed by atoms with Gasteiger partial charge in [-0.25, -0.2) is 0 Å². The standard InChI is InChI=1S/C17H24N6O2.HI/c1-18-17(20-11-16-22-21-15-5-4-8-23(15)16)19-10-12-6-7-13(24-2)9-14(12)25-3;/h6-7,9H,4-5,8,10-11H2,1-3H3,(H2,18,19,20);1H. The van der Waals surface area contributed by atoms with Crippen molar-refractivity contribution in [2.75, 3.05) is 21.3 Å². The van der Waals surface area contributed by atoms with E-state index in [4.69, 9.17) is 9.47 Å². The molecule has 0 bridgehead atoms. The van der Waals surface area contributed by atoms with Gasteiger partial charge in [-0.15, -0.1) is 34.2 Å². The van der Waals surface area contributed by atoms with Crippen LogP contribution in [0.3, 0.4) is 0 Å². The molecule has 3 rings (SSSR count). The van der Waals surface area contributed by atoms with Crippen LogP contribution in [0.2, 0.25) is 0 Å². The second-order valence-corrected chi connectivity index (χ2v) is 5.74. The van der Waals surface area contributed by atoms with Gasteiger partial charge < -0.3 is 24.7 Å². The van der Waals surface area contributed by atoms with Crippen molar-refractivity contribution in [3.8, 4) is 11.5 Å². The van der Waals surface area contributed by atoms with Crippen LogP contribution < -0.4 is 20.1 Å². The molecule has 142 valence electrons. The summed E-state index contributed by atoms with van der Waals surface area (Å²) in [6, 6.07) is 5.76. The van der Waals surface area contributed by atoms with E-state index in [1.165, 1.54) is 0 Å². The molecule has 9 heteroatoms. The number of rotatable bonds is 6. The zero-order valence-electron chi connectivity index (χ0n) is 15.3. The number of nitrogens with one attached hydrogen (secondary N) is 2. The number of hydrogen-bond donors (Lipinski definition) is 2. The molecule has 0 amide bonds. The SMILES string of the molecule is CN=C(NCc1ccc(OC)cc1OC)NCc1nnc2n1CCC2.I. The minimum absolute atomic E-state index is 0. The minimum Gasteiger partial charge on any atom is -0.497 e. The summed E-state index contributed by atoms with van der Waals surface area (Å²) in [6.45, 7) is 2.17. The van der Waals surface area contributed by atoms with Crippen LogP contribution in [0.25, 0.3) is 0 Å². The molecule has 26 heavy (non-hydrogen) atoms. The lowest BCUT2D eigenvalue weighted by atomic mass is 10.2. The Labute approximate surface area is 170 Å². The maximum absolute atomic E-state index is 5.42. The van der Waals surface area contributed by atoms with Crippen LogP contribution in [-0.2, 0) is 26.1 Å². The average Bonchev–Trinajstić information content (AvgIpc) is 3.26. The Hall–Kier alpha value is -2.04. The number of ether oxygens (including phenoxy) is 2. The summed E-state index contributed by atoms with van der Waals surface area (Å²) >= 11 is 0. The monoisotopic (exact) mass is 472 g/mol. The number of aryl methyl sites for hydroxylation is 1. The van der Waals surface area contributed by atoms with E-state index < -0.39 is 0 Å². The number of guanidine groups is 1. The Kier molecular flexibility index (Phi) is 7.49. The first kappa shape index (κ1) is 20.3. The van der Waals surface area contributed by atoms with Gasteiger partial charge in [-0.3, -0.25) is 4.99 Å². The predicted molar refractivity (Wildman–Crippen MR) is 110 cm³/mol. The molecule has 0 aliphatic carbocycles. The molecule has 1 aromatic heterocycles. The van der Waals surface area contributed by atoms with Gasteiger partial charge in [0.15, 0.2) is 11.8 Å². The van der Waals surface area contributed by atoms with Crippen LogP contribution in [0.4, 0.5) is 0 Å². The first-order valence-electron chi connectivity index (χ1n) is 8.31. The molecule has 1 aliphatic heterocycles. The van der Waals surface area contributed by atoms with E-state index >= 15 is 0 Å². The highest BCUT2D eigenvalue weighted by Gasteiger charge is 2.17. The molecule has 0 atom stereocenters. The minimum atomic E-state index is 0. The zero-order chi connectivity index (χ0) is 17.6. The maximum atomic E-state index is 5.42. The van der Waals surface area contributed by atoms with Crippen LogP contribution in [0.15, 0.2) is 23.2 Å².